The summed E-state index contributed by atoms with van der Waals surface area (Å²) in [6.45, 7) is 10.3. The summed E-state index contributed by atoms with van der Waals surface area (Å²) >= 11 is 0. The lowest BCUT2D eigenvalue weighted by Crippen LogP contribution is -2.12. The highest BCUT2D eigenvalue weighted by atomic mass is 16.5. The van der Waals surface area contributed by atoms with E-state index in [0.717, 1.165) is 30.8 Å². The summed E-state index contributed by atoms with van der Waals surface area (Å²) in [4.78, 5) is 4.36. The zero-order chi connectivity index (χ0) is 13.4. The van der Waals surface area contributed by atoms with Crippen LogP contribution < -0.4 is 5.32 Å². The molecule has 0 saturated heterocycles. The van der Waals surface area contributed by atoms with Crippen LogP contribution in [0.5, 0.6) is 0 Å². The van der Waals surface area contributed by atoms with Crippen LogP contribution in [0.3, 0.4) is 0 Å². The molecule has 0 amide bonds. The van der Waals surface area contributed by atoms with Gasteiger partial charge in [0.25, 0.3) is 0 Å². The summed E-state index contributed by atoms with van der Waals surface area (Å²) in [5, 5.41) is 3.34. The molecule has 18 heavy (non-hydrogen) atoms. The topological polar surface area (TPSA) is 34.2 Å². The van der Waals surface area contributed by atoms with Crippen molar-refractivity contribution in [3.63, 3.8) is 0 Å². The van der Waals surface area contributed by atoms with E-state index in [0.29, 0.717) is 18.6 Å². The van der Waals surface area contributed by atoms with E-state index in [1.54, 1.807) is 0 Å². The van der Waals surface area contributed by atoms with Crippen LogP contribution in [0.4, 0.5) is 5.82 Å². The lowest BCUT2D eigenvalue weighted by molar-refractivity contribution is 0.0399. The molecule has 0 bridgehead atoms. The van der Waals surface area contributed by atoms with Crippen LogP contribution in [0.1, 0.15) is 46.1 Å². The normalized spacial score (nSPS) is 12.7. The summed E-state index contributed by atoms with van der Waals surface area (Å²) in [5.74, 6) is 1.63. The summed E-state index contributed by atoms with van der Waals surface area (Å²) < 4.78 is 5.88. The first kappa shape index (κ1) is 15.0. The average Bonchev–Trinajstić information content (AvgIpc) is 2.34. The van der Waals surface area contributed by atoms with Crippen molar-refractivity contribution < 1.29 is 4.74 Å². The number of nitrogens with zero attached hydrogens (tertiary/aromatic N) is 1. The van der Waals surface area contributed by atoms with Crippen LogP contribution in [0.2, 0.25) is 0 Å². The number of nitrogens with one attached hydrogen (secondary N) is 1. The molecule has 1 heterocycles. The van der Waals surface area contributed by atoms with Crippen molar-refractivity contribution in [3.05, 3.63) is 23.9 Å². The van der Waals surface area contributed by atoms with E-state index in [-0.39, 0.29) is 0 Å². The Morgan fingerprint density at radius 2 is 2.11 bits per heavy atom. The van der Waals surface area contributed by atoms with Crippen molar-refractivity contribution in [2.75, 3.05) is 11.9 Å². The minimum absolute atomic E-state index is 0.296. The van der Waals surface area contributed by atoms with Crippen LogP contribution in [-0.4, -0.2) is 17.6 Å². The van der Waals surface area contributed by atoms with E-state index in [1.165, 1.54) is 0 Å². The molecule has 3 nitrogen and oxygen atoms in total. The zero-order valence-electron chi connectivity index (χ0n) is 12.1. The van der Waals surface area contributed by atoms with Gasteiger partial charge in [0.05, 0.1) is 12.7 Å². The Kier molecular flexibility index (Phi) is 6.73. The molecule has 0 spiro atoms. The molecule has 1 aromatic rings. The Hall–Kier alpha value is -1.09. The molecule has 1 aromatic heterocycles. The molecule has 3 heteroatoms. The van der Waals surface area contributed by atoms with Crippen LogP contribution >= 0.6 is 0 Å². The van der Waals surface area contributed by atoms with E-state index >= 15 is 0 Å². The third-order valence-corrected chi connectivity index (χ3v) is 2.76. The van der Waals surface area contributed by atoms with E-state index in [9.17, 15) is 0 Å². The molecule has 0 fully saturated rings. The third-order valence-electron chi connectivity index (χ3n) is 2.76. The summed E-state index contributed by atoms with van der Waals surface area (Å²) in [7, 11) is 0. The van der Waals surface area contributed by atoms with Crippen molar-refractivity contribution in [2.24, 2.45) is 5.92 Å². The van der Waals surface area contributed by atoms with Gasteiger partial charge < -0.3 is 10.1 Å². The van der Waals surface area contributed by atoms with Crippen molar-refractivity contribution in [1.82, 2.24) is 4.98 Å². The predicted octanol–water partition coefficient (Wildman–Crippen LogP) is 3.85. The molecule has 102 valence electrons. The van der Waals surface area contributed by atoms with Gasteiger partial charge in [-0.2, -0.15) is 0 Å². The highest BCUT2D eigenvalue weighted by Gasteiger charge is 2.08. The van der Waals surface area contributed by atoms with Crippen molar-refractivity contribution in [2.45, 2.75) is 53.2 Å². The first-order valence-corrected chi connectivity index (χ1v) is 6.92. The van der Waals surface area contributed by atoms with Crippen LogP contribution in [0, 0.1) is 5.92 Å². The van der Waals surface area contributed by atoms with Gasteiger partial charge >= 0.3 is 0 Å². The van der Waals surface area contributed by atoms with Gasteiger partial charge in [-0.05, 0) is 31.7 Å². The molecule has 0 aliphatic rings. The van der Waals surface area contributed by atoms with Crippen molar-refractivity contribution >= 4 is 5.82 Å². The molecule has 0 saturated carbocycles. The predicted molar refractivity (Wildman–Crippen MR) is 76.7 cm³/mol. The molecule has 0 aromatic carbocycles. The van der Waals surface area contributed by atoms with Crippen LogP contribution in [0.15, 0.2) is 18.3 Å². The summed E-state index contributed by atoms with van der Waals surface area (Å²) in [6, 6.07) is 4.04. The van der Waals surface area contributed by atoms with E-state index in [1.807, 2.05) is 12.3 Å². The first-order chi connectivity index (χ1) is 8.63. The molecule has 1 N–H and O–H groups in total. The number of ether oxygens (including phenoxy) is 1. The van der Waals surface area contributed by atoms with Gasteiger partial charge in [-0.15, -0.1) is 0 Å². The minimum Gasteiger partial charge on any atom is -0.374 e. The maximum Gasteiger partial charge on any atom is 0.131 e. The standard InChI is InChI=1S/C15H26N2O/c1-5-8-16-15-14(7-6-9-17-15)11-18-13(4)10-12(2)3/h6-7,9,12-13H,5,8,10-11H2,1-4H3,(H,16,17). The number of rotatable bonds is 8. The Balaban J connectivity index is 2.50. The quantitative estimate of drug-likeness (QED) is 0.761. The smallest absolute Gasteiger partial charge is 0.131 e. The number of hydrogen-bond acceptors (Lipinski definition) is 3. The summed E-state index contributed by atoms with van der Waals surface area (Å²) in [6.07, 6.45) is 4.31. The van der Waals surface area contributed by atoms with Gasteiger partial charge in [0, 0.05) is 18.3 Å². The van der Waals surface area contributed by atoms with Gasteiger partial charge in [0.1, 0.15) is 5.82 Å². The monoisotopic (exact) mass is 250 g/mol. The first-order valence-electron chi connectivity index (χ1n) is 6.92. The fourth-order valence-corrected chi connectivity index (χ4v) is 1.92. The van der Waals surface area contributed by atoms with Crippen LogP contribution in [0.25, 0.3) is 0 Å². The second kappa shape index (κ2) is 8.09. The maximum absolute atomic E-state index is 5.88. The Morgan fingerprint density at radius 3 is 2.78 bits per heavy atom. The van der Waals surface area contributed by atoms with Gasteiger partial charge in [-0.1, -0.05) is 26.8 Å². The largest absolute Gasteiger partial charge is 0.374 e. The van der Waals surface area contributed by atoms with Gasteiger partial charge in [-0.3, -0.25) is 0 Å². The Bertz CT molecular complexity index is 339. The second-order valence-corrected chi connectivity index (χ2v) is 5.19. The van der Waals surface area contributed by atoms with Crippen molar-refractivity contribution in [3.8, 4) is 0 Å². The van der Waals surface area contributed by atoms with E-state index in [4.69, 9.17) is 4.74 Å². The Morgan fingerprint density at radius 1 is 1.33 bits per heavy atom. The van der Waals surface area contributed by atoms with Gasteiger partial charge in [0.15, 0.2) is 0 Å². The number of anilines is 1. The summed E-state index contributed by atoms with van der Waals surface area (Å²) in [5.41, 5.74) is 1.14. The highest BCUT2D eigenvalue weighted by molar-refractivity contribution is 5.43. The number of pyridine rings is 1. The third kappa shape index (κ3) is 5.50. The molecule has 1 rings (SSSR count). The molecular formula is C15H26N2O. The minimum atomic E-state index is 0.296. The average molecular weight is 250 g/mol. The molecule has 1 unspecified atom stereocenters. The zero-order valence-corrected chi connectivity index (χ0v) is 12.1. The molecule has 0 radical (unpaired) electrons. The molecular weight excluding hydrogens is 224 g/mol. The number of hydrogen-bond donors (Lipinski definition) is 1. The van der Waals surface area contributed by atoms with Gasteiger partial charge in [-0.25, -0.2) is 4.98 Å². The lowest BCUT2D eigenvalue weighted by Gasteiger charge is -2.16. The molecule has 1 atom stereocenters. The molecule has 0 aliphatic carbocycles. The fourth-order valence-electron chi connectivity index (χ4n) is 1.92. The maximum atomic E-state index is 5.88. The fraction of sp³-hybridized carbons (Fsp3) is 0.667. The van der Waals surface area contributed by atoms with Gasteiger partial charge in [0.2, 0.25) is 0 Å². The molecule has 0 aliphatic heterocycles. The highest BCUT2D eigenvalue weighted by Crippen LogP contribution is 2.15. The van der Waals surface area contributed by atoms with E-state index < -0.39 is 0 Å². The van der Waals surface area contributed by atoms with E-state index in [2.05, 4.69) is 44.1 Å². The van der Waals surface area contributed by atoms with Crippen LogP contribution in [-0.2, 0) is 11.3 Å². The Labute approximate surface area is 111 Å². The number of aromatic nitrogens is 1. The van der Waals surface area contributed by atoms with Crippen molar-refractivity contribution in [1.29, 1.82) is 0 Å². The lowest BCUT2D eigenvalue weighted by atomic mass is 10.1. The SMILES string of the molecule is CCCNc1ncccc1COC(C)CC(C)C. The second-order valence-electron chi connectivity index (χ2n) is 5.19.